The molecule has 2 heterocycles. The first-order chi connectivity index (χ1) is 12.5. The number of ether oxygens (including phenoxy) is 1. The zero-order valence-electron chi connectivity index (χ0n) is 13.9. The van der Waals surface area contributed by atoms with Gasteiger partial charge in [-0.3, -0.25) is 4.79 Å². The molecule has 0 bridgehead atoms. The van der Waals surface area contributed by atoms with E-state index < -0.39 is 5.97 Å². The number of hydrogen-bond acceptors (Lipinski definition) is 5. The average molecular weight is 352 g/mol. The molecule has 0 aliphatic rings. The number of carboxylic acid groups (broad SMARTS) is 1. The van der Waals surface area contributed by atoms with Gasteiger partial charge in [0.15, 0.2) is 0 Å². The maximum absolute atomic E-state index is 11.2. The fraction of sp³-hybridized carbons (Fsp3) is 0.105. The van der Waals surface area contributed by atoms with Crippen molar-refractivity contribution in [3.8, 4) is 5.75 Å². The van der Waals surface area contributed by atoms with Crippen molar-refractivity contribution in [2.24, 2.45) is 0 Å². The summed E-state index contributed by atoms with van der Waals surface area (Å²) in [7, 11) is 0. The number of aromatic carboxylic acids is 1. The number of aromatic nitrogens is 2. The number of hydrogen-bond donors (Lipinski definition) is 2. The first-order valence-electron chi connectivity index (χ1n) is 7.80. The molecule has 0 atom stereocenters. The summed E-state index contributed by atoms with van der Waals surface area (Å²) in [6, 6.07) is 10.3. The van der Waals surface area contributed by atoms with Crippen molar-refractivity contribution in [1.82, 2.24) is 9.97 Å². The highest BCUT2D eigenvalue weighted by Gasteiger charge is 2.14. The topological polar surface area (TPSA) is 105 Å². The SMILES string of the molecule is Cc1cc(COc2ccc(C=Cc3nccc(=O)[nH]3)cc2)oc1C(=O)O. The minimum Gasteiger partial charge on any atom is -0.486 e. The number of H-pyrrole nitrogens is 1. The van der Waals surface area contributed by atoms with E-state index in [0.717, 1.165) is 5.56 Å². The molecule has 132 valence electrons. The van der Waals surface area contributed by atoms with Crippen LogP contribution in [-0.4, -0.2) is 21.0 Å². The van der Waals surface area contributed by atoms with Gasteiger partial charge >= 0.3 is 5.97 Å². The zero-order chi connectivity index (χ0) is 18.5. The molecular formula is C19H16N2O5. The number of carboxylic acids is 1. The van der Waals surface area contributed by atoms with Crippen LogP contribution in [-0.2, 0) is 6.61 Å². The molecule has 0 aliphatic heterocycles. The molecule has 0 saturated heterocycles. The van der Waals surface area contributed by atoms with Crippen molar-refractivity contribution < 1.29 is 19.1 Å². The van der Waals surface area contributed by atoms with E-state index in [1.807, 2.05) is 18.2 Å². The van der Waals surface area contributed by atoms with E-state index in [1.165, 1.54) is 12.3 Å². The second kappa shape index (κ2) is 7.52. The normalized spacial score (nSPS) is 11.0. The van der Waals surface area contributed by atoms with E-state index >= 15 is 0 Å². The van der Waals surface area contributed by atoms with Crippen LogP contribution in [0.3, 0.4) is 0 Å². The lowest BCUT2D eigenvalue weighted by Gasteiger charge is -2.04. The van der Waals surface area contributed by atoms with Gasteiger partial charge in [0, 0.05) is 17.8 Å². The first kappa shape index (κ1) is 17.2. The molecule has 26 heavy (non-hydrogen) atoms. The molecule has 0 saturated carbocycles. The Labute approximate surface area is 148 Å². The minimum absolute atomic E-state index is 0.0725. The lowest BCUT2D eigenvalue weighted by atomic mass is 10.2. The average Bonchev–Trinajstić information content (AvgIpc) is 3.00. The summed E-state index contributed by atoms with van der Waals surface area (Å²) in [5, 5.41) is 8.98. The third kappa shape index (κ3) is 4.27. The summed E-state index contributed by atoms with van der Waals surface area (Å²) in [6.45, 7) is 1.81. The summed E-state index contributed by atoms with van der Waals surface area (Å²) in [4.78, 5) is 28.8. The smallest absolute Gasteiger partial charge is 0.372 e. The Balaban J connectivity index is 1.62. The van der Waals surface area contributed by atoms with E-state index in [0.29, 0.717) is 22.9 Å². The Morgan fingerprint density at radius 1 is 1.27 bits per heavy atom. The summed E-state index contributed by atoms with van der Waals surface area (Å²) in [5.74, 6) is 0.373. The van der Waals surface area contributed by atoms with Gasteiger partial charge in [-0.05, 0) is 36.8 Å². The minimum atomic E-state index is -1.10. The summed E-state index contributed by atoms with van der Waals surface area (Å²) in [5.41, 5.74) is 1.26. The summed E-state index contributed by atoms with van der Waals surface area (Å²) >= 11 is 0. The number of aryl methyl sites for hydroxylation is 1. The van der Waals surface area contributed by atoms with E-state index in [2.05, 4.69) is 9.97 Å². The number of furan rings is 1. The van der Waals surface area contributed by atoms with Gasteiger partial charge in [0.25, 0.3) is 5.56 Å². The van der Waals surface area contributed by atoms with Gasteiger partial charge in [-0.2, -0.15) is 0 Å². The number of nitrogens with one attached hydrogen (secondary N) is 1. The molecule has 7 nitrogen and oxygen atoms in total. The molecule has 3 rings (SSSR count). The second-order valence-electron chi connectivity index (χ2n) is 5.54. The third-order valence-electron chi connectivity index (χ3n) is 3.55. The van der Waals surface area contributed by atoms with E-state index in [1.54, 1.807) is 31.2 Å². The molecule has 1 aromatic carbocycles. The van der Waals surface area contributed by atoms with Crippen LogP contribution in [0.15, 0.2) is 51.8 Å². The fourth-order valence-corrected chi connectivity index (χ4v) is 2.31. The Kier molecular flexibility index (Phi) is 4.98. The maximum Gasteiger partial charge on any atom is 0.372 e. The van der Waals surface area contributed by atoms with Crippen LogP contribution in [0.1, 0.15) is 33.3 Å². The van der Waals surface area contributed by atoms with Crippen molar-refractivity contribution in [3.05, 3.63) is 81.4 Å². The number of carbonyl (C=O) groups is 1. The molecule has 2 aromatic heterocycles. The lowest BCUT2D eigenvalue weighted by molar-refractivity contribution is 0.0657. The summed E-state index contributed by atoms with van der Waals surface area (Å²) < 4.78 is 10.8. The van der Waals surface area contributed by atoms with E-state index in [4.69, 9.17) is 14.3 Å². The van der Waals surface area contributed by atoms with Gasteiger partial charge in [-0.25, -0.2) is 9.78 Å². The molecule has 0 aliphatic carbocycles. The van der Waals surface area contributed by atoms with Crippen molar-refractivity contribution >= 4 is 18.1 Å². The number of nitrogens with zero attached hydrogens (tertiary/aromatic N) is 1. The van der Waals surface area contributed by atoms with E-state index in [-0.39, 0.29) is 17.9 Å². The Morgan fingerprint density at radius 3 is 2.69 bits per heavy atom. The standard InChI is InChI=1S/C19H16N2O5/c1-12-10-15(26-18(12)19(23)24)11-25-14-5-2-13(3-6-14)4-7-16-20-9-8-17(22)21-16/h2-10H,11H2,1H3,(H,23,24)(H,20,21,22). The highest BCUT2D eigenvalue weighted by atomic mass is 16.5. The molecular weight excluding hydrogens is 336 g/mol. The maximum atomic E-state index is 11.2. The van der Waals surface area contributed by atoms with Crippen LogP contribution in [0.5, 0.6) is 5.75 Å². The predicted octanol–water partition coefficient (Wildman–Crippen LogP) is 3.12. The van der Waals surface area contributed by atoms with Gasteiger partial charge in [-0.1, -0.05) is 18.2 Å². The summed E-state index contributed by atoms with van der Waals surface area (Å²) in [6.07, 6.45) is 4.97. The third-order valence-corrected chi connectivity index (χ3v) is 3.55. The molecule has 0 radical (unpaired) electrons. The van der Waals surface area contributed by atoms with Crippen molar-refractivity contribution in [3.63, 3.8) is 0 Å². The zero-order valence-corrected chi connectivity index (χ0v) is 13.9. The van der Waals surface area contributed by atoms with Crippen LogP contribution >= 0.6 is 0 Å². The highest BCUT2D eigenvalue weighted by molar-refractivity contribution is 5.86. The lowest BCUT2D eigenvalue weighted by Crippen LogP contribution is -2.05. The second-order valence-corrected chi connectivity index (χ2v) is 5.54. The van der Waals surface area contributed by atoms with Crippen molar-refractivity contribution in [1.29, 1.82) is 0 Å². The largest absolute Gasteiger partial charge is 0.486 e. The first-order valence-corrected chi connectivity index (χ1v) is 7.80. The number of benzene rings is 1. The Morgan fingerprint density at radius 2 is 2.04 bits per heavy atom. The van der Waals surface area contributed by atoms with Crippen LogP contribution in [0, 0.1) is 6.92 Å². The Hall–Kier alpha value is -3.61. The highest BCUT2D eigenvalue weighted by Crippen LogP contribution is 2.19. The van der Waals surface area contributed by atoms with Crippen molar-refractivity contribution in [2.45, 2.75) is 13.5 Å². The quantitative estimate of drug-likeness (QED) is 0.706. The van der Waals surface area contributed by atoms with Gasteiger partial charge in [0.05, 0.1) is 0 Å². The molecule has 2 N–H and O–H groups in total. The number of aromatic amines is 1. The molecule has 3 aromatic rings. The monoisotopic (exact) mass is 352 g/mol. The van der Waals surface area contributed by atoms with Crippen LogP contribution in [0.25, 0.3) is 12.2 Å². The van der Waals surface area contributed by atoms with Gasteiger partial charge in [0.2, 0.25) is 5.76 Å². The van der Waals surface area contributed by atoms with E-state index in [9.17, 15) is 9.59 Å². The van der Waals surface area contributed by atoms with Crippen LogP contribution in [0.4, 0.5) is 0 Å². The van der Waals surface area contributed by atoms with Crippen LogP contribution < -0.4 is 10.3 Å². The van der Waals surface area contributed by atoms with Gasteiger partial charge < -0.3 is 19.2 Å². The van der Waals surface area contributed by atoms with Crippen LogP contribution in [0.2, 0.25) is 0 Å². The number of rotatable bonds is 6. The molecule has 0 spiro atoms. The Bertz CT molecular complexity index is 999. The molecule has 0 fully saturated rings. The molecule has 7 heteroatoms. The molecule has 0 amide bonds. The van der Waals surface area contributed by atoms with Gasteiger partial charge in [0.1, 0.15) is 23.9 Å². The van der Waals surface area contributed by atoms with Crippen molar-refractivity contribution in [2.75, 3.05) is 0 Å². The van der Waals surface area contributed by atoms with Gasteiger partial charge in [-0.15, -0.1) is 0 Å². The fourth-order valence-electron chi connectivity index (χ4n) is 2.31. The molecule has 0 unspecified atom stereocenters. The predicted molar refractivity (Wildman–Crippen MR) is 95.0 cm³/mol.